The fourth-order valence-corrected chi connectivity index (χ4v) is 2.03. The minimum atomic E-state index is -0.300. The number of carbonyl (C=O) groups excluding carboxylic acids is 1. The highest BCUT2D eigenvalue weighted by Crippen LogP contribution is 2.20. The van der Waals surface area contributed by atoms with Crippen LogP contribution in [0.2, 0.25) is 0 Å². The van der Waals surface area contributed by atoms with Crippen LogP contribution < -0.4 is 0 Å². The van der Waals surface area contributed by atoms with E-state index in [0.717, 1.165) is 24.8 Å². The van der Waals surface area contributed by atoms with Crippen LogP contribution in [0.4, 0.5) is 0 Å². The van der Waals surface area contributed by atoms with Crippen LogP contribution in [0.5, 0.6) is 0 Å². The summed E-state index contributed by atoms with van der Waals surface area (Å²) in [6, 6.07) is 3.64. The van der Waals surface area contributed by atoms with E-state index in [4.69, 9.17) is 9.68 Å². The lowest BCUT2D eigenvalue weighted by Gasteiger charge is -2.30. The molecule has 1 aliphatic heterocycles. The van der Waals surface area contributed by atoms with Crippen molar-refractivity contribution in [2.45, 2.75) is 32.2 Å². The summed E-state index contributed by atoms with van der Waals surface area (Å²) >= 11 is 0. The first-order valence-corrected chi connectivity index (χ1v) is 5.48. The first-order valence-electron chi connectivity index (χ1n) is 5.48. The highest BCUT2D eigenvalue weighted by molar-refractivity contribution is 5.93. The van der Waals surface area contributed by atoms with Crippen LogP contribution >= 0.6 is 0 Å². The first kappa shape index (κ1) is 10.7. The molecule has 1 saturated heterocycles. The van der Waals surface area contributed by atoms with E-state index in [-0.39, 0.29) is 11.9 Å². The molecular formula is C12H14N2O2. The molecule has 2 heterocycles. The number of aryl methyl sites for hydroxylation is 1. The zero-order valence-corrected chi connectivity index (χ0v) is 9.27. The van der Waals surface area contributed by atoms with E-state index in [9.17, 15) is 4.79 Å². The smallest absolute Gasteiger partial charge is 0.290 e. The van der Waals surface area contributed by atoms with Gasteiger partial charge in [0.05, 0.1) is 12.3 Å². The summed E-state index contributed by atoms with van der Waals surface area (Å²) in [6.07, 6.45) is 4.25. The predicted molar refractivity (Wildman–Crippen MR) is 57.7 cm³/mol. The van der Waals surface area contributed by atoms with Gasteiger partial charge in [0, 0.05) is 12.1 Å². The van der Waals surface area contributed by atoms with Crippen molar-refractivity contribution in [1.82, 2.24) is 4.90 Å². The van der Waals surface area contributed by atoms with Crippen molar-refractivity contribution in [3.05, 3.63) is 23.7 Å². The van der Waals surface area contributed by atoms with Gasteiger partial charge in [-0.05, 0) is 32.3 Å². The van der Waals surface area contributed by atoms with E-state index in [0.29, 0.717) is 12.3 Å². The lowest BCUT2D eigenvalue weighted by molar-refractivity contribution is 0.0637. The summed E-state index contributed by atoms with van der Waals surface area (Å²) in [5.41, 5.74) is 0.826. The molecule has 0 spiro atoms. The molecule has 1 atom stereocenters. The van der Waals surface area contributed by atoms with Gasteiger partial charge in [-0.15, -0.1) is 0 Å². The summed E-state index contributed by atoms with van der Waals surface area (Å²) in [7, 11) is 0. The molecule has 0 aromatic carbocycles. The Kier molecular flexibility index (Phi) is 2.95. The number of furan rings is 1. The highest BCUT2D eigenvalue weighted by atomic mass is 16.3. The molecule has 84 valence electrons. The fraction of sp³-hybridized carbons (Fsp3) is 0.500. The molecule has 0 saturated carbocycles. The summed E-state index contributed by atoms with van der Waals surface area (Å²) in [5.74, 6) is 0.205. The van der Waals surface area contributed by atoms with Crippen LogP contribution in [-0.4, -0.2) is 23.4 Å². The number of piperidine rings is 1. The lowest BCUT2D eigenvalue weighted by Crippen LogP contribution is -2.43. The van der Waals surface area contributed by atoms with Crippen LogP contribution in [0, 0.1) is 18.3 Å². The second kappa shape index (κ2) is 4.40. The quantitative estimate of drug-likeness (QED) is 0.725. The first-order chi connectivity index (χ1) is 7.74. The van der Waals surface area contributed by atoms with Crippen LogP contribution in [0.15, 0.2) is 16.7 Å². The largest absolute Gasteiger partial charge is 0.459 e. The Bertz CT molecular complexity index is 430. The van der Waals surface area contributed by atoms with E-state index in [1.54, 1.807) is 11.0 Å². The minimum Gasteiger partial charge on any atom is -0.459 e. The van der Waals surface area contributed by atoms with Gasteiger partial charge in [0.25, 0.3) is 5.91 Å². The standard InChI is InChI=1S/C12H14N2O2/c1-9-5-7-16-11(9)12(15)14-6-3-2-4-10(14)8-13/h5,7,10H,2-4,6H2,1H3. The van der Waals surface area contributed by atoms with Gasteiger partial charge in [0.15, 0.2) is 5.76 Å². The number of nitriles is 1. The molecule has 1 aliphatic rings. The Morgan fingerprint density at radius 3 is 3.06 bits per heavy atom. The van der Waals surface area contributed by atoms with Crippen molar-refractivity contribution in [2.24, 2.45) is 0 Å². The molecule has 1 aromatic rings. The van der Waals surface area contributed by atoms with E-state index in [1.807, 2.05) is 6.92 Å². The van der Waals surface area contributed by atoms with Gasteiger partial charge in [0.2, 0.25) is 0 Å². The maximum absolute atomic E-state index is 12.1. The van der Waals surface area contributed by atoms with Gasteiger partial charge in [-0.3, -0.25) is 4.79 Å². The SMILES string of the molecule is Cc1ccoc1C(=O)N1CCCCC1C#N. The summed E-state index contributed by atoms with van der Waals surface area (Å²) in [5, 5.41) is 9.00. The van der Waals surface area contributed by atoms with Gasteiger partial charge in [0.1, 0.15) is 6.04 Å². The molecule has 0 radical (unpaired) electrons. The molecule has 2 rings (SSSR count). The Labute approximate surface area is 94.5 Å². The van der Waals surface area contributed by atoms with Crippen molar-refractivity contribution in [2.75, 3.05) is 6.54 Å². The van der Waals surface area contributed by atoms with Gasteiger partial charge >= 0.3 is 0 Å². The van der Waals surface area contributed by atoms with E-state index < -0.39 is 0 Å². The molecule has 0 bridgehead atoms. The van der Waals surface area contributed by atoms with Gasteiger partial charge in [-0.25, -0.2) is 0 Å². The number of hydrogen-bond acceptors (Lipinski definition) is 3. The van der Waals surface area contributed by atoms with Crippen molar-refractivity contribution in [1.29, 1.82) is 5.26 Å². The van der Waals surface area contributed by atoms with Gasteiger partial charge in [-0.2, -0.15) is 5.26 Å². The zero-order valence-electron chi connectivity index (χ0n) is 9.27. The Hall–Kier alpha value is -1.76. The number of hydrogen-bond donors (Lipinski definition) is 0. The van der Waals surface area contributed by atoms with Crippen molar-refractivity contribution in [3.8, 4) is 6.07 Å². The van der Waals surface area contributed by atoms with Gasteiger partial charge < -0.3 is 9.32 Å². The van der Waals surface area contributed by atoms with Crippen LogP contribution in [0.1, 0.15) is 35.4 Å². The molecule has 0 N–H and O–H groups in total. The third-order valence-corrected chi connectivity index (χ3v) is 2.97. The molecule has 1 aromatic heterocycles. The van der Waals surface area contributed by atoms with E-state index in [2.05, 4.69) is 6.07 Å². The Balaban J connectivity index is 2.21. The zero-order chi connectivity index (χ0) is 11.5. The maximum atomic E-state index is 12.1. The average Bonchev–Trinajstić information content (AvgIpc) is 2.74. The average molecular weight is 218 g/mol. The normalized spacial score (nSPS) is 20.5. The van der Waals surface area contributed by atoms with Crippen LogP contribution in [-0.2, 0) is 0 Å². The number of carbonyl (C=O) groups is 1. The third-order valence-electron chi connectivity index (χ3n) is 2.97. The number of nitrogens with zero attached hydrogens (tertiary/aromatic N) is 2. The highest BCUT2D eigenvalue weighted by Gasteiger charge is 2.29. The molecule has 4 nitrogen and oxygen atoms in total. The second-order valence-electron chi connectivity index (χ2n) is 4.07. The number of amides is 1. The monoisotopic (exact) mass is 218 g/mol. The molecule has 1 amide bonds. The number of rotatable bonds is 1. The molecule has 1 fully saturated rings. The number of likely N-dealkylation sites (tertiary alicyclic amines) is 1. The molecular weight excluding hydrogens is 204 g/mol. The topological polar surface area (TPSA) is 57.2 Å². The second-order valence-corrected chi connectivity index (χ2v) is 4.07. The predicted octanol–water partition coefficient (Wildman–Crippen LogP) is 2.11. The fourth-order valence-electron chi connectivity index (χ4n) is 2.03. The van der Waals surface area contributed by atoms with E-state index in [1.165, 1.54) is 6.26 Å². The van der Waals surface area contributed by atoms with Crippen molar-refractivity contribution < 1.29 is 9.21 Å². The summed E-state index contributed by atoms with van der Waals surface area (Å²) in [6.45, 7) is 2.49. The third kappa shape index (κ3) is 1.81. The maximum Gasteiger partial charge on any atom is 0.290 e. The van der Waals surface area contributed by atoms with Crippen LogP contribution in [0.3, 0.4) is 0 Å². The van der Waals surface area contributed by atoms with Gasteiger partial charge in [-0.1, -0.05) is 0 Å². The Morgan fingerprint density at radius 1 is 1.62 bits per heavy atom. The molecule has 16 heavy (non-hydrogen) atoms. The van der Waals surface area contributed by atoms with E-state index >= 15 is 0 Å². The van der Waals surface area contributed by atoms with Crippen LogP contribution in [0.25, 0.3) is 0 Å². The molecule has 4 heteroatoms. The van der Waals surface area contributed by atoms with Crippen molar-refractivity contribution in [3.63, 3.8) is 0 Å². The summed E-state index contributed by atoms with van der Waals surface area (Å²) < 4.78 is 5.17. The molecule has 0 aliphatic carbocycles. The summed E-state index contributed by atoms with van der Waals surface area (Å²) in [4.78, 5) is 13.8. The Morgan fingerprint density at radius 2 is 2.44 bits per heavy atom. The molecule has 1 unspecified atom stereocenters. The minimum absolute atomic E-state index is 0.159. The van der Waals surface area contributed by atoms with Crippen molar-refractivity contribution >= 4 is 5.91 Å². The lowest BCUT2D eigenvalue weighted by atomic mass is 10.0.